The summed E-state index contributed by atoms with van der Waals surface area (Å²) in [7, 11) is 0. The van der Waals surface area contributed by atoms with E-state index in [4.69, 9.17) is 0 Å². The molecule has 0 saturated carbocycles. The Kier molecular flexibility index (Phi) is 4.74. The molecule has 0 aromatic heterocycles. The second-order valence-corrected chi connectivity index (χ2v) is 6.82. The van der Waals surface area contributed by atoms with E-state index in [0.717, 1.165) is 23.4 Å². The van der Waals surface area contributed by atoms with E-state index in [2.05, 4.69) is 26.2 Å². The van der Waals surface area contributed by atoms with Gasteiger partial charge in [-0.3, -0.25) is 4.79 Å². The summed E-state index contributed by atoms with van der Waals surface area (Å²) in [5.74, 6) is -2.85. The highest BCUT2D eigenvalue weighted by Crippen LogP contribution is 2.29. The number of rotatable bonds is 4. The first kappa shape index (κ1) is 19.2. The third kappa shape index (κ3) is 3.50. The van der Waals surface area contributed by atoms with E-state index >= 15 is 0 Å². The van der Waals surface area contributed by atoms with Crippen LogP contribution in [-0.2, 0) is 4.79 Å². The first-order valence-electron chi connectivity index (χ1n) is 8.98. The zero-order valence-electron chi connectivity index (χ0n) is 15.7. The van der Waals surface area contributed by atoms with Gasteiger partial charge in [0.15, 0.2) is 0 Å². The minimum Gasteiger partial charge on any atom is -0.478 e. The number of carboxylic acid groups (broad SMARTS) is 1. The van der Waals surface area contributed by atoms with E-state index in [1.54, 1.807) is 25.3 Å². The molecule has 0 spiro atoms. The van der Waals surface area contributed by atoms with E-state index in [9.17, 15) is 23.9 Å². The van der Waals surface area contributed by atoms with Crippen LogP contribution in [0, 0.1) is 5.82 Å². The van der Waals surface area contributed by atoms with E-state index in [0.29, 0.717) is 17.8 Å². The van der Waals surface area contributed by atoms with Crippen molar-refractivity contribution in [3.8, 4) is 0 Å². The molecule has 0 radical (unpaired) electrons. The van der Waals surface area contributed by atoms with Crippen molar-refractivity contribution >= 4 is 29.8 Å². The van der Waals surface area contributed by atoms with Crippen LogP contribution in [0.25, 0.3) is 0 Å². The van der Waals surface area contributed by atoms with Gasteiger partial charge in [-0.15, -0.1) is 0 Å². The predicted molar refractivity (Wildman–Crippen MR) is 105 cm³/mol. The van der Waals surface area contributed by atoms with Crippen molar-refractivity contribution in [3.05, 3.63) is 69.8 Å². The maximum absolute atomic E-state index is 13.8. The average Bonchev–Trinajstić information content (AvgIpc) is 3.15. The number of aromatic carboxylic acids is 1. The third-order valence-corrected chi connectivity index (χ3v) is 4.86. The standard InChI is InChI=1S/C20H16FN5O4/c1-9-16(18(27)24-12-3-5-15-11(6-12)8-22-26-15)17(25-20(30)23-9)10-2-4-14(21)13(7-10)19(28)29/h2-4,6-8,17H,5H2,1H3,(H,24,27)(H,28,29)(H2,23,25,30). The Hall–Kier alpha value is -4.08. The summed E-state index contributed by atoms with van der Waals surface area (Å²) < 4.78 is 13.8. The van der Waals surface area contributed by atoms with Crippen LogP contribution in [-0.4, -0.2) is 34.9 Å². The first-order chi connectivity index (χ1) is 14.3. The van der Waals surface area contributed by atoms with Gasteiger partial charge in [-0.25, -0.2) is 14.0 Å². The monoisotopic (exact) mass is 409 g/mol. The summed E-state index contributed by atoms with van der Waals surface area (Å²) in [6, 6.07) is 1.91. The molecule has 1 aromatic rings. The Morgan fingerprint density at radius 2 is 2.13 bits per heavy atom. The van der Waals surface area contributed by atoms with Gasteiger partial charge in [0, 0.05) is 23.4 Å². The molecule has 0 bridgehead atoms. The van der Waals surface area contributed by atoms with E-state index in [-0.39, 0.29) is 11.1 Å². The summed E-state index contributed by atoms with van der Waals surface area (Å²) >= 11 is 0. The van der Waals surface area contributed by atoms with Gasteiger partial charge < -0.3 is 21.1 Å². The number of nitrogens with zero attached hydrogens (tertiary/aromatic N) is 2. The van der Waals surface area contributed by atoms with Gasteiger partial charge in [0.2, 0.25) is 0 Å². The van der Waals surface area contributed by atoms with E-state index < -0.39 is 35.3 Å². The number of carboxylic acids is 1. The molecule has 1 unspecified atom stereocenters. The van der Waals surface area contributed by atoms with Crippen LogP contribution in [0.15, 0.2) is 63.1 Å². The SMILES string of the molecule is CC1=C(C(=O)NC2=CCC3=NN=CC3=C2)C(c2ccc(F)c(C(=O)O)c2)NC(=O)N1. The van der Waals surface area contributed by atoms with Crippen molar-refractivity contribution in [1.82, 2.24) is 16.0 Å². The second-order valence-electron chi connectivity index (χ2n) is 6.82. The van der Waals surface area contributed by atoms with Crippen LogP contribution in [0.1, 0.15) is 35.3 Å². The Labute approximate surface area is 169 Å². The number of halogens is 1. The number of benzene rings is 1. The van der Waals surface area contributed by atoms with Gasteiger partial charge in [-0.2, -0.15) is 10.2 Å². The number of hydrogen-bond donors (Lipinski definition) is 4. The van der Waals surface area contributed by atoms with Crippen molar-refractivity contribution in [2.45, 2.75) is 19.4 Å². The molecule has 0 fully saturated rings. The molecule has 2 heterocycles. The number of urea groups is 1. The molecule has 30 heavy (non-hydrogen) atoms. The molecule has 0 saturated heterocycles. The van der Waals surface area contributed by atoms with Crippen LogP contribution in [0.5, 0.6) is 0 Å². The van der Waals surface area contributed by atoms with Gasteiger partial charge >= 0.3 is 12.0 Å². The van der Waals surface area contributed by atoms with Crippen LogP contribution in [0.2, 0.25) is 0 Å². The highest BCUT2D eigenvalue weighted by molar-refractivity contribution is 6.20. The normalized spacial score (nSPS) is 19.9. The average molecular weight is 409 g/mol. The topological polar surface area (TPSA) is 132 Å². The molecule has 10 heteroatoms. The number of amides is 3. The first-order valence-corrected chi connectivity index (χ1v) is 8.98. The lowest BCUT2D eigenvalue weighted by atomic mass is 9.93. The molecule has 152 valence electrons. The lowest BCUT2D eigenvalue weighted by molar-refractivity contribution is -0.117. The molecule has 2 aliphatic heterocycles. The second kappa shape index (κ2) is 7.39. The van der Waals surface area contributed by atoms with Crippen LogP contribution in [0.3, 0.4) is 0 Å². The number of carbonyl (C=O) groups excluding carboxylic acids is 2. The summed E-state index contributed by atoms with van der Waals surface area (Å²) in [4.78, 5) is 36.3. The maximum Gasteiger partial charge on any atom is 0.338 e. The molecule has 9 nitrogen and oxygen atoms in total. The number of fused-ring (bicyclic) bond motifs is 1. The van der Waals surface area contributed by atoms with Crippen LogP contribution >= 0.6 is 0 Å². The molecule has 3 aliphatic rings. The molecule has 1 atom stereocenters. The molecule has 4 rings (SSSR count). The fraction of sp³-hybridized carbons (Fsp3) is 0.150. The van der Waals surface area contributed by atoms with Gasteiger partial charge in [0.1, 0.15) is 5.82 Å². The molecule has 4 N–H and O–H groups in total. The van der Waals surface area contributed by atoms with Crippen LogP contribution < -0.4 is 16.0 Å². The maximum atomic E-state index is 13.8. The minimum absolute atomic E-state index is 0.177. The molecular formula is C20H16FN5O4. The van der Waals surface area contributed by atoms with Crippen molar-refractivity contribution in [3.63, 3.8) is 0 Å². The third-order valence-electron chi connectivity index (χ3n) is 4.86. The van der Waals surface area contributed by atoms with Gasteiger partial charge in [-0.05, 0) is 30.7 Å². The van der Waals surface area contributed by atoms with Crippen molar-refractivity contribution in [2.24, 2.45) is 10.2 Å². The van der Waals surface area contributed by atoms with Gasteiger partial charge in [0.05, 0.1) is 29.1 Å². The molecule has 3 amide bonds. The van der Waals surface area contributed by atoms with Crippen LogP contribution in [0.4, 0.5) is 9.18 Å². The zero-order chi connectivity index (χ0) is 21.4. The number of allylic oxidation sites excluding steroid dienone is 4. The highest BCUT2D eigenvalue weighted by Gasteiger charge is 2.32. The fourth-order valence-electron chi connectivity index (χ4n) is 3.42. The lowest BCUT2D eigenvalue weighted by Gasteiger charge is -2.29. The summed E-state index contributed by atoms with van der Waals surface area (Å²) in [6.07, 6.45) is 5.62. The number of carbonyl (C=O) groups is 3. The summed E-state index contributed by atoms with van der Waals surface area (Å²) in [5.41, 5.74) is 2.34. The van der Waals surface area contributed by atoms with E-state index in [1.165, 1.54) is 6.07 Å². The fourth-order valence-corrected chi connectivity index (χ4v) is 3.42. The van der Waals surface area contributed by atoms with E-state index in [1.807, 2.05) is 0 Å². The molecular weight excluding hydrogens is 393 g/mol. The number of nitrogens with one attached hydrogen (secondary N) is 3. The number of hydrogen-bond acceptors (Lipinski definition) is 5. The summed E-state index contributed by atoms with van der Waals surface area (Å²) in [6.45, 7) is 1.56. The van der Waals surface area contributed by atoms with Gasteiger partial charge in [-0.1, -0.05) is 12.1 Å². The van der Waals surface area contributed by atoms with Crippen molar-refractivity contribution < 1.29 is 23.9 Å². The Bertz CT molecular complexity index is 1150. The van der Waals surface area contributed by atoms with Gasteiger partial charge in [0.25, 0.3) is 5.91 Å². The van der Waals surface area contributed by atoms with Crippen molar-refractivity contribution in [2.75, 3.05) is 0 Å². The minimum atomic E-state index is -1.45. The largest absolute Gasteiger partial charge is 0.478 e. The zero-order valence-corrected chi connectivity index (χ0v) is 15.7. The predicted octanol–water partition coefficient (Wildman–Crippen LogP) is 1.92. The summed E-state index contributed by atoms with van der Waals surface area (Å²) in [5, 5.41) is 24.9. The highest BCUT2D eigenvalue weighted by atomic mass is 19.1. The quantitative estimate of drug-likeness (QED) is 0.605. The Morgan fingerprint density at radius 3 is 2.90 bits per heavy atom. The molecule has 1 aliphatic carbocycles. The smallest absolute Gasteiger partial charge is 0.338 e. The van der Waals surface area contributed by atoms with Crippen molar-refractivity contribution in [1.29, 1.82) is 0 Å². The Morgan fingerprint density at radius 1 is 1.33 bits per heavy atom. The Balaban J connectivity index is 1.66. The lowest BCUT2D eigenvalue weighted by Crippen LogP contribution is -2.47. The molecule has 1 aromatic carbocycles.